The first-order chi connectivity index (χ1) is 14.2. The van der Waals surface area contributed by atoms with Crippen molar-refractivity contribution < 1.29 is 0 Å². The summed E-state index contributed by atoms with van der Waals surface area (Å²) in [6.07, 6.45) is 0. The summed E-state index contributed by atoms with van der Waals surface area (Å²) in [6.45, 7) is 0. The molecule has 0 saturated heterocycles. The predicted molar refractivity (Wildman–Crippen MR) is 132 cm³/mol. The molecule has 0 nitrogen and oxygen atoms in total. The summed E-state index contributed by atoms with van der Waals surface area (Å²) in [5.41, 5.74) is 5.06. The molecule has 0 aromatic heterocycles. The first kappa shape index (κ1) is 21.1. The standard InChI is InChI=1S/C24H16Cl2SSe2/c25-19-13-9-17(10-14-19)21-5-1-3-7-23(21)28-27-29-24-8-4-2-6-22(24)18-11-15-20(26)16-12-18/h1-16H. The topological polar surface area (TPSA) is 0 Å². The molecule has 0 aliphatic rings. The SMILES string of the molecule is Clc1ccc(-c2ccccc2[Se]S[Se]c2ccccc2-c2ccc(Cl)cc2)cc1. The Morgan fingerprint density at radius 3 is 1.28 bits per heavy atom. The van der Waals surface area contributed by atoms with Crippen LogP contribution in [0.25, 0.3) is 22.3 Å². The van der Waals surface area contributed by atoms with E-state index in [0.717, 1.165) is 10.0 Å². The molecular formula is C24H16Cl2SSe2. The fourth-order valence-corrected chi connectivity index (χ4v) is 13.6. The van der Waals surface area contributed by atoms with Gasteiger partial charge in [-0.15, -0.1) is 0 Å². The van der Waals surface area contributed by atoms with Crippen molar-refractivity contribution in [2.75, 3.05) is 0 Å². The molecule has 0 aliphatic carbocycles. The van der Waals surface area contributed by atoms with Gasteiger partial charge < -0.3 is 0 Å². The molecule has 0 amide bonds. The minimum atomic E-state index is 0.337. The third-order valence-corrected chi connectivity index (χ3v) is 14.4. The molecular weight excluding hydrogens is 549 g/mol. The third kappa shape index (κ3) is 5.51. The Balaban J connectivity index is 1.51. The molecule has 0 saturated carbocycles. The number of hydrogen-bond acceptors (Lipinski definition) is 1. The van der Waals surface area contributed by atoms with Crippen LogP contribution >= 0.6 is 31.8 Å². The average molecular weight is 565 g/mol. The van der Waals surface area contributed by atoms with Gasteiger partial charge in [-0.2, -0.15) is 0 Å². The zero-order valence-corrected chi connectivity index (χ0v) is 21.0. The Kier molecular flexibility index (Phi) is 7.45. The zero-order valence-electron chi connectivity index (χ0n) is 15.2. The van der Waals surface area contributed by atoms with E-state index < -0.39 is 0 Å². The van der Waals surface area contributed by atoms with Gasteiger partial charge in [-0.1, -0.05) is 0 Å². The van der Waals surface area contributed by atoms with E-state index >= 15 is 0 Å². The van der Waals surface area contributed by atoms with Crippen LogP contribution in [0, 0.1) is 0 Å². The summed E-state index contributed by atoms with van der Waals surface area (Å²) >= 11 is 12.8. The average Bonchev–Trinajstić information content (AvgIpc) is 2.76. The molecule has 0 unspecified atom stereocenters. The van der Waals surface area contributed by atoms with Crippen LogP contribution in [0.15, 0.2) is 97.1 Å². The van der Waals surface area contributed by atoms with Crippen LogP contribution in [-0.2, 0) is 0 Å². The maximum absolute atomic E-state index is 6.06. The van der Waals surface area contributed by atoms with Gasteiger partial charge in [0.25, 0.3) is 0 Å². The number of benzene rings is 4. The van der Waals surface area contributed by atoms with Crippen molar-refractivity contribution in [1.29, 1.82) is 0 Å². The first-order valence-electron chi connectivity index (χ1n) is 8.92. The second-order valence-corrected chi connectivity index (χ2v) is 16.8. The summed E-state index contributed by atoms with van der Waals surface area (Å²) in [7, 11) is 2.06. The van der Waals surface area contributed by atoms with E-state index in [1.165, 1.54) is 31.2 Å². The molecule has 0 heterocycles. The van der Waals surface area contributed by atoms with Crippen molar-refractivity contribution in [3.8, 4) is 22.3 Å². The first-order valence-corrected chi connectivity index (χ1v) is 16.2. The normalized spacial score (nSPS) is 10.8. The van der Waals surface area contributed by atoms with Gasteiger partial charge in [0.1, 0.15) is 0 Å². The summed E-state index contributed by atoms with van der Waals surface area (Å²) in [5.74, 6) is 0. The monoisotopic (exact) mass is 566 g/mol. The van der Waals surface area contributed by atoms with Crippen LogP contribution in [0.4, 0.5) is 0 Å². The van der Waals surface area contributed by atoms with Gasteiger partial charge in [-0.05, 0) is 0 Å². The molecule has 4 aromatic rings. The van der Waals surface area contributed by atoms with E-state index in [1.54, 1.807) is 0 Å². The second kappa shape index (κ2) is 10.2. The summed E-state index contributed by atoms with van der Waals surface area (Å²) in [5, 5.41) is 1.54. The molecule has 0 N–H and O–H groups in total. The molecule has 0 atom stereocenters. The van der Waals surface area contributed by atoms with Gasteiger partial charge in [0.2, 0.25) is 0 Å². The van der Waals surface area contributed by atoms with Crippen LogP contribution in [0.3, 0.4) is 0 Å². The number of halogens is 2. The fourth-order valence-electron chi connectivity index (χ4n) is 2.90. The predicted octanol–water partition coefficient (Wildman–Crippen LogP) is 6.25. The van der Waals surface area contributed by atoms with Crippen molar-refractivity contribution >= 4 is 68.4 Å². The molecule has 4 aromatic carbocycles. The minimum absolute atomic E-state index is 0.337. The molecule has 0 radical (unpaired) electrons. The van der Waals surface area contributed by atoms with Gasteiger partial charge in [0.15, 0.2) is 0 Å². The Hall–Kier alpha value is -1.15. The van der Waals surface area contributed by atoms with Crippen molar-refractivity contribution in [3.05, 3.63) is 107 Å². The summed E-state index contributed by atoms with van der Waals surface area (Å²) in [4.78, 5) is 0. The number of rotatable bonds is 6. The van der Waals surface area contributed by atoms with E-state index in [4.69, 9.17) is 23.2 Å². The van der Waals surface area contributed by atoms with Gasteiger partial charge in [-0.3, -0.25) is 0 Å². The molecule has 144 valence electrons. The van der Waals surface area contributed by atoms with Crippen molar-refractivity contribution in [1.82, 2.24) is 0 Å². The molecule has 0 aliphatic heterocycles. The maximum atomic E-state index is 6.06. The molecule has 5 heteroatoms. The molecule has 0 spiro atoms. The van der Waals surface area contributed by atoms with E-state index in [9.17, 15) is 0 Å². The molecule has 0 bridgehead atoms. The zero-order chi connectivity index (χ0) is 20.1. The van der Waals surface area contributed by atoms with Crippen LogP contribution in [0.2, 0.25) is 10.0 Å². The third-order valence-electron chi connectivity index (χ3n) is 4.33. The fraction of sp³-hybridized carbons (Fsp3) is 0. The quantitative estimate of drug-likeness (QED) is 0.249. The van der Waals surface area contributed by atoms with E-state index in [-0.39, 0.29) is 0 Å². The van der Waals surface area contributed by atoms with E-state index in [1.807, 2.05) is 24.3 Å². The summed E-state index contributed by atoms with van der Waals surface area (Å²) in [6, 6.07) is 33.6. The van der Waals surface area contributed by atoms with Gasteiger partial charge in [-0.25, -0.2) is 0 Å². The van der Waals surface area contributed by atoms with Crippen LogP contribution in [0.5, 0.6) is 0 Å². The summed E-state index contributed by atoms with van der Waals surface area (Å²) < 4.78 is 2.83. The van der Waals surface area contributed by atoms with Gasteiger partial charge in [0, 0.05) is 0 Å². The molecule has 0 fully saturated rings. The Labute approximate surface area is 196 Å². The van der Waals surface area contributed by atoms with Crippen molar-refractivity contribution in [3.63, 3.8) is 0 Å². The number of hydrogen-bond donors (Lipinski definition) is 0. The van der Waals surface area contributed by atoms with Crippen LogP contribution < -0.4 is 8.92 Å². The van der Waals surface area contributed by atoms with Crippen LogP contribution in [-0.4, -0.2) is 27.7 Å². The van der Waals surface area contributed by atoms with Crippen molar-refractivity contribution in [2.24, 2.45) is 0 Å². The van der Waals surface area contributed by atoms with Gasteiger partial charge >= 0.3 is 198 Å². The van der Waals surface area contributed by atoms with Crippen molar-refractivity contribution in [2.45, 2.75) is 0 Å². The Morgan fingerprint density at radius 2 is 0.862 bits per heavy atom. The van der Waals surface area contributed by atoms with E-state index in [0.29, 0.717) is 27.7 Å². The second-order valence-electron chi connectivity index (χ2n) is 6.24. The molecule has 4 rings (SSSR count). The molecule has 29 heavy (non-hydrogen) atoms. The van der Waals surface area contributed by atoms with Crippen LogP contribution in [0.1, 0.15) is 0 Å². The Morgan fingerprint density at radius 1 is 0.483 bits per heavy atom. The van der Waals surface area contributed by atoms with E-state index in [2.05, 4.69) is 81.4 Å². The Bertz CT molecular complexity index is 1010. The van der Waals surface area contributed by atoms with Gasteiger partial charge in [0.05, 0.1) is 0 Å².